The van der Waals surface area contributed by atoms with Crippen molar-refractivity contribution >= 4 is 5.78 Å². The van der Waals surface area contributed by atoms with E-state index in [2.05, 4.69) is 61.5 Å². The molecule has 0 amide bonds. The number of rotatable bonds is 8. The summed E-state index contributed by atoms with van der Waals surface area (Å²) >= 11 is 0. The van der Waals surface area contributed by atoms with Crippen molar-refractivity contribution in [2.45, 2.75) is 132 Å². The maximum atomic E-state index is 12.0. The second kappa shape index (κ2) is 14.5. The number of benzene rings is 2. The molecule has 4 aliphatic rings. The molecule has 0 aromatic heterocycles. The normalized spacial score (nSPS) is 31.7. The maximum absolute atomic E-state index is 12.0. The number of fused-ring (bicyclic) bond motifs is 4. The lowest BCUT2D eigenvalue weighted by Crippen LogP contribution is -2.55. The molecule has 0 spiro atoms. The number of hydrogen-bond acceptors (Lipinski definition) is 5. The molecular formula is C45H64O5. The van der Waals surface area contributed by atoms with E-state index in [1.54, 1.807) is 31.4 Å². The van der Waals surface area contributed by atoms with Crippen LogP contribution in [0.2, 0.25) is 0 Å². The summed E-state index contributed by atoms with van der Waals surface area (Å²) in [4.78, 5) is 12.0. The van der Waals surface area contributed by atoms with Gasteiger partial charge in [-0.1, -0.05) is 76.5 Å². The van der Waals surface area contributed by atoms with Crippen molar-refractivity contribution in [3.63, 3.8) is 0 Å². The van der Waals surface area contributed by atoms with E-state index in [0.717, 1.165) is 35.6 Å². The monoisotopic (exact) mass is 684 g/mol. The Balaban J connectivity index is 0.000000219. The zero-order valence-electron chi connectivity index (χ0n) is 32.4. The van der Waals surface area contributed by atoms with E-state index >= 15 is 0 Å². The molecule has 50 heavy (non-hydrogen) atoms. The fourth-order valence-corrected chi connectivity index (χ4v) is 11.2. The third-order valence-corrected chi connectivity index (χ3v) is 14.5. The number of Topliss-reactive ketones (excluding diaryl/α,β-unsaturated/α-hetero) is 1. The number of aliphatic hydroxyl groups is 1. The van der Waals surface area contributed by atoms with Gasteiger partial charge in [0.05, 0.1) is 18.8 Å². The number of hydrogen-bond donors (Lipinski definition) is 3. The zero-order valence-corrected chi connectivity index (χ0v) is 32.4. The van der Waals surface area contributed by atoms with Gasteiger partial charge in [-0.25, -0.2) is 0 Å². The minimum Gasteiger partial charge on any atom is -0.508 e. The molecule has 0 saturated heterocycles. The minimum absolute atomic E-state index is 0.0465. The van der Waals surface area contributed by atoms with Crippen LogP contribution in [0.1, 0.15) is 136 Å². The summed E-state index contributed by atoms with van der Waals surface area (Å²) in [6, 6.07) is 11.1. The summed E-state index contributed by atoms with van der Waals surface area (Å²) in [6.45, 7) is 19.6. The Labute approximate surface area is 302 Å². The van der Waals surface area contributed by atoms with E-state index in [0.29, 0.717) is 22.2 Å². The number of allylic oxidation sites excluding steroid dienone is 4. The molecule has 3 N–H and O–H groups in total. The largest absolute Gasteiger partial charge is 0.508 e. The summed E-state index contributed by atoms with van der Waals surface area (Å²) < 4.78 is 5.04. The summed E-state index contributed by atoms with van der Waals surface area (Å²) in [7, 11) is 1.58. The Morgan fingerprint density at radius 3 is 2.26 bits per heavy atom. The van der Waals surface area contributed by atoms with Crippen LogP contribution in [-0.2, 0) is 6.42 Å². The SMILES string of the molecule is CC(C)=CCCC(C)C1CCC2(C)C3=C(CCC12C)C1(C)CCC(O)C(C)(C)C1CC3.COc1ccc(CC(=O)c2ccc(O)cc2O)cc1. The molecule has 0 bridgehead atoms. The Morgan fingerprint density at radius 2 is 1.62 bits per heavy atom. The summed E-state index contributed by atoms with van der Waals surface area (Å²) in [6.07, 6.45) is 15.3. The second-order valence-corrected chi connectivity index (χ2v) is 17.7. The van der Waals surface area contributed by atoms with Crippen molar-refractivity contribution < 1.29 is 24.9 Å². The quantitative estimate of drug-likeness (QED) is 0.190. The molecule has 6 rings (SSSR count). The van der Waals surface area contributed by atoms with Crippen LogP contribution in [0.4, 0.5) is 0 Å². The molecule has 5 nitrogen and oxygen atoms in total. The van der Waals surface area contributed by atoms with E-state index in [1.807, 2.05) is 11.1 Å². The Morgan fingerprint density at radius 1 is 0.920 bits per heavy atom. The lowest BCUT2D eigenvalue weighted by molar-refractivity contribution is -0.0962. The molecule has 0 radical (unpaired) electrons. The van der Waals surface area contributed by atoms with Gasteiger partial charge < -0.3 is 20.1 Å². The van der Waals surface area contributed by atoms with Crippen LogP contribution in [0.3, 0.4) is 0 Å². The number of phenols is 2. The molecule has 2 saturated carbocycles. The van der Waals surface area contributed by atoms with Crippen LogP contribution < -0.4 is 4.74 Å². The molecule has 0 heterocycles. The Bertz CT molecular complexity index is 1600. The van der Waals surface area contributed by atoms with E-state index in [4.69, 9.17) is 4.74 Å². The first-order valence-electron chi connectivity index (χ1n) is 19.2. The highest BCUT2D eigenvalue weighted by Gasteiger charge is 2.63. The first-order valence-corrected chi connectivity index (χ1v) is 19.2. The third-order valence-electron chi connectivity index (χ3n) is 14.5. The molecule has 0 aliphatic heterocycles. The molecule has 2 fully saturated rings. The molecule has 2 aromatic rings. The van der Waals surface area contributed by atoms with E-state index in [1.165, 1.54) is 75.5 Å². The first-order chi connectivity index (χ1) is 23.5. The Hall–Kier alpha value is -3.05. The number of phenolic OH excluding ortho intramolecular Hbond substituents is 2. The highest BCUT2D eigenvalue weighted by atomic mass is 16.5. The average molecular weight is 685 g/mol. The lowest BCUT2D eigenvalue weighted by Gasteiger charge is -2.62. The van der Waals surface area contributed by atoms with Crippen LogP contribution in [0.15, 0.2) is 65.3 Å². The van der Waals surface area contributed by atoms with Crippen LogP contribution in [-0.4, -0.2) is 34.3 Å². The zero-order chi connectivity index (χ0) is 36.6. The molecule has 2 aromatic carbocycles. The lowest BCUT2D eigenvalue weighted by atomic mass is 9.43. The number of aromatic hydroxyl groups is 2. The van der Waals surface area contributed by atoms with Gasteiger partial charge in [-0.05, 0) is 147 Å². The van der Waals surface area contributed by atoms with Gasteiger partial charge in [-0.2, -0.15) is 0 Å². The molecule has 7 atom stereocenters. The molecule has 7 unspecified atom stereocenters. The number of ketones is 1. The summed E-state index contributed by atoms with van der Waals surface area (Å²) in [5, 5.41) is 29.6. The van der Waals surface area contributed by atoms with Gasteiger partial charge in [0, 0.05) is 12.5 Å². The predicted molar refractivity (Wildman–Crippen MR) is 204 cm³/mol. The number of aliphatic hydroxyl groups excluding tert-OH is 1. The predicted octanol–water partition coefficient (Wildman–Crippen LogP) is 11.0. The van der Waals surface area contributed by atoms with Crippen LogP contribution >= 0.6 is 0 Å². The average Bonchev–Trinajstić information content (AvgIpc) is 3.34. The van der Waals surface area contributed by atoms with Gasteiger partial charge >= 0.3 is 0 Å². The van der Waals surface area contributed by atoms with Gasteiger partial charge in [0.1, 0.15) is 17.2 Å². The minimum atomic E-state index is -0.210. The van der Waals surface area contributed by atoms with Crippen LogP contribution in [0.25, 0.3) is 0 Å². The van der Waals surface area contributed by atoms with E-state index in [-0.39, 0.29) is 40.8 Å². The van der Waals surface area contributed by atoms with Gasteiger partial charge in [-0.3, -0.25) is 4.79 Å². The van der Waals surface area contributed by atoms with Gasteiger partial charge in [0.25, 0.3) is 0 Å². The van der Waals surface area contributed by atoms with Crippen LogP contribution in [0, 0.1) is 39.4 Å². The number of carbonyl (C=O) groups excluding carboxylic acids is 1. The fourth-order valence-electron chi connectivity index (χ4n) is 11.2. The third kappa shape index (κ3) is 6.93. The van der Waals surface area contributed by atoms with Crippen molar-refractivity contribution in [2.75, 3.05) is 7.11 Å². The summed E-state index contributed by atoms with van der Waals surface area (Å²) in [5.74, 6) is 2.56. The van der Waals surface area contributed by atoms with Gasteiger partial charge in [0.2, 0.25) is 0 Å². The maximum Gasteiger partial charge on any atom is 0.170 e. The smallest absolute Gasteiger partial charge is 0.170 e. The van der Waals surface area contributed by atoms with Gasteiger partial charge in [0.15, 0.2) is 5.78 Å². The van der Waals surface area contributed by atoms with Crippen molar-refractivity contribution in [2.24, 2.45) is 39.4 Å². The standard InChI is InChI=1S/C30H50O.C15H14O4/c1-20(2)10-9-11-21(3)22-14-18-30(8)24-12-13-25-27(4,5)26(31)16-17-28(25,6)23(24)15-19-29(22,30)7;1-19-12-5-2-10(3-6-12)8-14(17)13-7-4-11(16)9-15(13)18/h10,21-22,25-26,31H,9,11-19H2,1-8H3;2-7,9,16,18H,8H2,1H3. The second-order valence-electron chi connectivity index (χ2n) is 17.7. The highest BCUT2D eigenvalue weighted by molar-refractivity contribution is 6.00. The number of methoxy groups -OCH3 is 1. The molecular weight excluding hydrogens is 620 g/mol. The highest BCUT2D eigenvalue weighted by Crippen LogP contribution is 2.72. The molecule has 274 valence electrons. The van der Waals surface area contributed by atoms with Crippen molar-refractivity contribution in [3.8, 4) is 17.2 Å². The van der Waals surface area contributed by atoms with Crippen LogP contribution in [0.5, 0.6) is 17.2 Å². The first kappa shape index (κ1) is 38.2. The summed E-state index contributed by atoms with van der Waals surface area (Å²) in [5.41, 5.74) is 7.44. The van der Waals surface area contributed by atoms with E-state index in [9.17, 15) is 20.1 Å². The number of carbonyl (C=O) groups is 1. The van der Waals surface area contributed by atoms with Gasteiger partial charge in [-0.15, -0.1) is 0 Å². The fraction of sp³-hybridized carbons (Fsp3) is 0.622. The molecule has 4 aliphatic carbocycles. The number of ether oxygens (including phenoxy) is 1. The topological polar surface area (TPSA) is 87.0 Å². The Kier molecular flexibility index (Phi) is 11.1. The molecule has 5 heteroatoms. The van der Waals surface area contributed by atoms with E-state index < -0.39 is 0 Å². The van der Waals surface area contributed by atoms with Crippen molar-refractivity contribution in [1.29, 1.82) is 0 Å². The van der Waals surface area contributed by atoms with Crippen molar-refractivity contribution in [1.82, 2.24) is 0 Å². The van der Waals surface area contributed by atoms with Crippen molar-refractivity contribution in [3.05, 3.63) is 76.4 Å².